The fourth-order valence-electron chi connectivity index (χ4n) is 1.14. The average Bonchev–Trinajstić information content (AvgIpc) is 2.03. The summed E-state index contributed by atoms with van der Waals surface area (Å²) in [5.74, 6) is -0.965. The van der Waals surface area contributed by atoms with Crippen molar-refractivity contribution < 1.29 is 15.0 Å². The highest BCUT2D eigenvalue weighted by Crippen LogP contribution is 2.20. The number of hydrogen-bond acceptors (Lipinski definition) is 3. The highest BCUT2D eigenvalue weighted by molar-refractivity contribution is 5.85. The van der Waals surface area contributed by atoms with Crippen molar-refractivity contribution in [1.82, 2.24) is 0 Å². The van der Waals surface area contributed by atoms with E-state index in [2.05, 4.69) is 0 Å². The number of carboxylic acids is 1. The summed E-state index contributed by atoms with van der Waals surface area (Å²) in [7, 11) is 0. The predicted octanol–water partition coefficient (Wildman–Crippen LogP) is 1.21. The fourth-order valence-corrected chi connectivity index (χ4v) is 1.14. The third-order valence-corrected chi connectivity index (χ3v) is 1.85. The first-order chi connectivity index (χ1) is 6.02. The van der Waals surface area contributed by atoms with Crippen LogP contribution in [-0.2, 0) is 4.79 Å². The standard InChI is InChI=1S/C9H11NO3.ClH/c1-5-4-6(11)2-3-7(5)8(10)9(12)13;/h2-4,8,11H,10H2,1H3,(H,12,13);1H. The van der Waals surface area contributed by atoms with Crippen LogP contribution in [-0.4, -0.2) is 16.2 Å². The summed E-state index contributed by atoms with van der Waals surface area (Å²) in [4.78, 5) is 10.5. The zero-order chi connectivity index (χ0) is 10.0. The van der Waals surface area contributed by atoms with Crippen LogP contribution in [0.25, 0.3) is 0 Å². The number of benzene rings is 1. The number of aryl methyl sites for hydroxylation is 1. The number of phenols is 1. The molecule has 1 atom stereocenters. The quantitative estimate of drug-likeness (QED) is 0.695. The molecule has 0 aliphatic rings. The molecular formula is C9H12ClNO3. The largest absolute Gasteiger partial charge is 0.508 e. The van der Waals surface area contributed by atoms with Crippen molar-refractivity contribution >= 4 is 18.4 Å². The van der Waals surface area contributed by atoms with Gasteiger partial charge in [-0.05, 0) is 30.2 Å². The minimum absolute atomic E-state index is 0. The predicted molar refractivity (Wildman–Crippen MR) is 54.7 cm³/mol. The van der Waals surface area contributed by atoms with Crippen LogP contribution in [0.4, 0.5) is 0 Å². The first-order valence-electron chi connectivity index (χ1n) is 3.80. The summed E-state index contributed by atoms with van der Waals surface area (Å²) < 4.78 is 0. The van der Waals surface area contributed by atoms with E-state index in [-0.39, 0.29) is 18.2 Å². The molecule has 0 radical (unpaired) electrons. The molecule has 0 aromatic heterocycles. The van der Waals surface area contributed by atoms with Crippen molar-refractivity contribution in [2.24, 2.45) is 5.73 Å². The molecule has 0 saturated heterocycles. The Balaban J connectivity index is 0.00000169. The smallest absolute Gasteiger partial charge is 0.325 e. The van der Waals surface area contributed by atoms with E-state index >= 15 is 0 Å². The van der Waals surface area contributed by atoms with Crippen LogP contribution in [0.15, 0.2) is 18.2 Å². The van der Waals surface area contributed by atoms with Gasteiger partial charge in [0.2, 0.25) is 0 Å². The van der Waals surface area contributed by atoms with Crippen LogP contribution >= 0.6 is 12.4 Å². The molecular weight excluding hydrogens is 206 g/mol. The van der Waals surface area contributed by atoms with Crippen molar-refractivity contribution in [3.05, 3.63) is 29.3 Å². The summed E-state index contributed by atoms with van der Waals surface area (Å²) >= 11 is 0. The molecule has 0 fully saturated rings. The summed E-state index contributed by atoms with van der Waals surface area (Å²) in [5.41, 5.74) is 6.60. The van der Waals surface area contributed by atoms with Crippen LogP contribution in [0.1, 0.15) is 17.2 Å². The summed E-state index contributed by atoms with van der Waals surface area (Å²) in [6.07, 6.45) is 0. The second-order valence-electron chi connectivity index (χ2n) is 2.86. The van der Waals surface area contributed by atoms with Crippen molar-refractivity contribution in [3.63, 3.8) is 0 Å². The van der Waals surface area contributed by atoms with Gasteiger partial charge < -0.3 is 15.9 Å². The van der Waals surface area contributed by atoms with Crippen molar-refractivity contribution in [2.45, 2.75) is 13.0 Å². The molecule has 0 amide bonds. The number of carbonyl (C=O) groups is 1. The molecule has 0 spiro atoms. The van der Waals surface area contributed by atoms with Crippen molar-refractivity contribution in [1.29, 1.82) is 0 Å². The molecule has 5 heteroatoms. The summed E-state index contributed by atoms with van der Waals surface area (Å²) in [6.45, 7) is 1.71. The van der Waals surface area contributed by atoms with Gasteiger partial charge in [0.25, 0.3) is 0 Å². The molecule has 0 heterocycles. The number of aliphatic carboxylic acids is 1. The molecule has 0 aliphatic heterocycles. The van der Waals surface area contributed by atoms with Crippen molar-refractivity contribution in [2.75, 3.05) is 0 Å². The Morgan fingerprint density at radius 2 is 2.07 bits per heavy atom. The monoisotopic (exact) mass is 217 g/mol. The van der Waals surface area contributed by atoms with Gasteiger partial charge in [-0.1, -0.05) is 6.07 Å². The Kier molecular flexibility index (Phi) is 4.40. The highest BCUT2D eigenvalue weighted by atomic mass is 35.5. The Morgan fingerprint density at radius 1 is 1.50 bits per heavy atom. The Morgan fingerprint density at radius 3 is 2.50 bits per heavy atom. The molecule has 0 aliphatic carbocycles. The Labute approximate surface area is 87.8 Å². The molecule has 4 N–H and O–H groups in total. The van der Waals surface area contributed by atoms with Gasteiger partial charge in [-0.15, -0.1) is 12.4 Å². The minimum atomic E-state index is -1.08. The molecule has 78 valence electrons. The number of halogens is 1. The maximum atomic E-state index is 10.5. The molecule has 1 unspecified atom stereocenters. The molecule has 0 saturated carbocycles. The topological polar surface area (TPSA) is 83.5 Å². The van der Waals surface area contributed by atoms with Gasteiger partial charge in [0, 0.05) is 0 Å². The Hall–Kier alpha value is -1.26. The van der Waals surface area contributed by atoms with E-state index in [1.54, 1.807) is 6.92 Å². The zero-order valence-corrected chi connectivity index (χ0v) is 8.41. The third kappa shape index (κ3) is 2.61. The highest BCUT2D eigenvalue weighted by Gasteiger charge is 2.16. The number of hydrogen-bond donors (Lipinski definition) is 3. The van der Waals surface area contributed by atoms with E-state index in [0.717, 1.165) is 0 Å². The third-order valence-electron chi connectivity index (χ3n) is 1.85. The van der Waals surface area contributed by atoms with Crippen LogP contribution < -0.4 is 5.73 Å². The molecule has 1 aromatic rings. The lowest BCUT2D eigenvalue weighted by Crippen LogP contribution is -2.21. The lowest BCUT2D eigenvalue weighted by Gasteiger charge is -2.09. The Bertz CT molecular complexity index is 341. The van der Waals surface area contributed by atoms with E-state index in [1.807, 2.05) is 0 Å². The van der Waals surface area contributed by atoms with Gasteiger partial charge in [-0.2, -0.15) is 0 Å². The molecule has 4 nitrogen and oxygen atoms in total. The number of aromatic hydroxyl groups is 1. The number of phenolic OH excluding ortho intramolecular Hbond substituents is 1. The number of rotatable bonds is 2. The second-order valence-corrected chi connectivity index (χ2v) is 2.86. The van der Waals surface area contributed by atoms with E-state index in [9.17, 15) is 4.79 Å². The van der Waals surface area contributed by atoms with Gasteiger partial charge in [0.05, 0.1) is 0 Å². The van der Waals surface area contributed by atoms with Crippen molar-refractivity contribution in [3.8, 4) is 5.75 Å². The summed E-state index contributed by atoms with van der Waals surface area (Å²) in [5, 5.41) is 17.7. The molecule has 1 rings (SSSR count). The number of carboxylic acid groups (broad SMARTS) is 1. The van der Waals surface area contributed by atoms with Crippen LogP contribution in [0.5, 0.6) is 5.75 Å². The van der Waals surface area contributed by atoms with Gasteiger partial charge >= 0.3 is 5.97 Å². The molecule has 1 aromatic carbocycles. The number of nitrogens with two attached hydrogens (primary N) is 1. The maximum absolute atomic E-state index is 10.5. The first-order valence-corrected chi connectivity index (χ1v) is 3.80. The minimum Gasteiger partial charge on any atom is -0.508 e. The van der Waals surface area contributed by atoms with Gasteiger partial charge in [0.15, 0.2) is 0 Å². The van der Waals surface area contributed by atoms with Gasteiger partial charge in [0.1, 0.15) is 11.8 Å². The van der Waals surface area contributed by atoms with Crippen LogP contribution in [0.3, 0.4) is 0 Å². The molecule has 0 bridgehead atoms. The van der Waals surface area contributed by atoms with Crippen LogP contribution in [0.2, 0.25) is 0 Å². The molecule has 14 heavy (non-hydrogen) atoms. The zero-order valence-electron chi connectivity index (χ0n) is 7.60. The van der Waals surface area contributed by atoms with Gasteiger partial charge in [-0.3, -0.25) is 4.79 Å². The van der Waals surface area contributed by atoms with Crippen LogP contribution in [0, 0.1) is 6.92 Å². The van der Waals surface area contributed by atoms with E-state index in [4.69, 9.17) is 15.9 Å². The van der Waals surface area contributed by atoms with E-state index < -0.39 is 12.0 Å². The lowest BCUT2D eigenvalue weighted by atomic mass is 10.0. The fraction of sp³-hybridized carbons (Fsp3) is 0.222. The maximum Gasteiger partial charge on any atom is 0.325 e. The van der Waals surface area contributed by atoms with E-state index in [0.29, 0.717) is 11.1 Å². The first kappa shape index (κ1) is 12.7. The SMILES string of the molecule is Cc1cc(O)ccc1C(N)C(=O)O.Cl. The average molecular weight is 218 g/mol. The second kappa shape index (κ2) is 4.83. The van der Waals surface area contributed by atoms with E-state index in [1.165, 1.54) is 18.2 Å². The van der Waals surface area contributed by atoms with Gasteiger partial charge in [-0.25, -0.2) is 0 Å². The normalized spacial score (nSPS) is 11.6. The summed E-state index contributed by atoms with van der Waals surface area (Å²) in [6, 6.07) is 3.40. The lowest BCUT2D eigenvalue weighted by molar-refractivity contribution is -0.138.